The van der Waals surface area contributed by atoms with Gasteiger partial charge < -0.3 is 35.0 Å². The largest absolute Gasteiger partial charge is 0.487 e. The molecule has 1 aromatic heterocycles. The van der Waals surface area contributed by atoms with Gasteiger partial charge in [-0.25, -0.2) is 4.68 Å². The van der Waals surface area contributed by atoms with E-state index in [4.69, 9.17) is 24.8 Å². The van der Waals surface area contributed by atoms with Crippen LogP contribution in [0, 0.1) is 0 Å². The van der Waals surface area contributed by atoms with E-state index in [9.17, 15) is 10.2 Å². The lowest BCUT2D eigenvalue weighted by molar-refractivity contribution is -0.171. The van der Waals surface area contributed by atoms with Gasteiger partial charge >= 0.3 is 0 Å². The second kappa shape index (κ2) is 8.08. The van der Waals surface area contributed by atoms with Gasteiger partial charge in [-0.05, 0) is 12.1 Å². The van der Waals surface area contributed by atoms with Crippen LogP contribution in [0.1, 0.15) is 23.6 Å². The quantitative estimate of drug-likeness (QED) is 0.384. The molecule has 0 amide bonds. The fourth-order valence-electron chi connectivity index (χ4n) is 2.72. The normalized spacial score (nSPS) is 26.2. The summed E-state index contributed by atoms with van der Waals surface area (Å²) in [7, 11) is 0. The standard InChI is InChI=1S/C16H21N3O7/c20-6-13-15(22)14(21)12(8-26-13)19-5-10(17-18-19)7-25-11-3-1-2-9(4-11)16(23)24/h1-5,12-16,20-24H,6-8H2/t12-,13+,14+,15-/m0/s1. The van der Waals surface area contributed by atoms with Crippen molar-refractivity contribution in [2.24, 2.45) is 0 Å². The van der Waals surface area contributed by atoms with E-state index in [0.717, 1.165) is 0 Å². The summed E-state index contributed by atoms with van der Waals surface area (Å²) < 4.78 is 12.3. The molecule has 3 rings (SSSR count). The lowest BCUT2D eigenvalue weighted by Crippen LogP contribution is -2.52. The van der Waals surface area contributed by atoms with Crippen LogP contribution >= 0.6 is 0 Å². The van der Waals surface area contributed by atoms with Crippen molar-refractivity contribution in [2.45, 2.75) is 37.3 Å². The molecule has 0 saturated carbocycles. The minimum Gasteiger partial charge on any atom is -0.487 e. The Kier molecular flexibility index (Phi) is 5.81. The lowest BCUT2D eigenvalue weighted by atomic mass is 9.98. The van der Waals surface area contributed by atoms with Crippen LogP contribution in [0.5, 0.6) is 5.75 Å². The number of ether oxygens (including phenoxy) is 2. The molecule has 1 aliphatic heterocycles. The molecule has 4 atom stereocenters. The molecule has 5 N–H and O–H groups in total. The molecule has 2 heterocycles. The van der Waals surface area contributed by atoms with Gasteiger partial charge in [0.25, 0.3) is 0 Å². The van der Waals surface area contributed by atoms with Crippen LogP contribution in [0.4, 0.5) is 0 Å². The minimum atomic E-state index is -1.58. The summed E-state index contributed by atoms with van der Waals surface area (Å²) >= 11 is 0. The molecule has 142 valence electrons. The second-order valence-corrected chi connectivity index (χ2v) is 6.03. The highest BCUT2D eigenvalue weighted by atomic mass is 16.5. The molecule has 10 heteroatoms. The highest BCUT2D eigenvalue weighted by Gasteiger charge is 2.39. The number of benzene rings is 1. The van der Waals surface area contributed by atoms with Crippen LogP contribution < -0.4 is 4.74 Å². The predicted molar refractivity (Wildman–Crippen MR) is 85.9 cm³/mol. The summed E-state index contributed by atoms with van der Waals surface area (Å²) in [6.45, 7) is -0.233. The fourth-order valence-corrected chi connectivity index (χ4v) is 2.72. The van der Waals surface area contributed by atoms with Gasteiger partial charge in [-0.1, -0.05) is 17.3 Å². The van der Waals surface area contributed by atoms with Crippen molar-refractivity contribution in [3.8, 4) is 5.75 Å². The summed E-state index contributed by atoms with van der Waals surface area (Å²) in [6, 6.07) is 5.72. The molecule has 0 aliphatic carbocycles. The van der Waals surface area contributed by atoms with Crippen LogP contribution in [0.15, 0.2) is 30.5 Å². The van der Waals surface area contributed by atoms with Crippen LogP contribution in [0.2, 0.25) is 0 Å². The van der Waals surface area contributed by atoms with Crippen LogP contribution in [0.25, 0.3) is 0 Å². The Morgan fingerprint density at radius 2 is 2.08 bits per heavy atom. The summed E-state index contributed by atoms with van der Waals surface area (Å²) in [5.41, 5.74) is 0.784. The van der Waals surface area contributed by atoms with Gasteiger partial charge in [-0.15, -0.1) is 5.10 Å². The number of aliphatic hydroxyl groups excluding tert-OH is 4. The van der Waals surface area contributed by atoms with E-state index in [1.807, 2.05) is 0 Å². The van der Waals surface area contributed by atoms with Crippen molar-refractivity contribution in [1.82, 2.24) is 15.0 Å². The van der Waals surface area contributed by atoms with Gasteiger partial charge in [0.15, 0.2) is 6.29 Å². The Balaban J connectivity index is 1.62. The summed E-state index contributed by atoms with van der Waals surface area (Å²) in [6.07, 6.45) is -3.23. The molecule has 0 spiro atoms. The maximum atomic E-state index is 10.2. The van der Waals surface area contributed by atoms with Crippen molar-refractivity contribution in [3.05, 3.63) is 41.7 Å². The van der Waals surface area contributed by atoms with Gasteiger partial charge in [-0.3, -0.25) is 0 Å². The fraction of sp³-hybridized carbons (Fsp3) is 0.500. The van der Waals surface area contributed by atoms with Crippen LogP contribution in [-0.2, 0) is 11.3 Å². The monoisotopic (exact) mass is 367 g/mol. The first kappa shape index (κ1) is 18.7. The van der Waals surface area contributed by atoms with Gasteiger partial charge in [0.2, 0.25) is 0 Å². The summed E-state index contributed by atoms with van der Waals surface area (Å²) in [5, 5.41) is 55.4. The minimum absolute atomic E-state index is 0.0730. The molecule has 1 saturated heterocycles. The van der Waals surface area contributed by atoms with Crippen molar-refractivity contribution in [3.63, 3.8) is 0 Å². The van der Waals surface area contributed by atoms with Crippen molar-refractivity contribution >= 4 is 0 Å². The third kappa shape index (κ3) is 4.01. The second-order valence-electron chi connectivity index (χ2n) is 6.03. The number of rotatable bonds is 6. The topological polar surface area (TPSA) is 150 Å². The van der Waals surface area contributed by atoms with E-state index < -0.39 is 30.6 Å². The third-order valence-corrected chi connectivity index (χ3v) is 4.23. The molecule has 10 nitrogen and oxygen atoms in total. The molecule has 1 fully saturated rings. The number of aliphatic hydroxyl groups is 5. The van der Waals surface area contributed by atoms with Gasteiger partial charge in [0.1, 0.15) is 42.4 Å². The Labute approximate surface area is 148 Å². The maximum absolute atomic E-state index is 10.2. The van der Waals surface area contributed by atoms with E-state index in [-0.39, 0.29) is 19.8 Å². The number of aromatic nitrogens is 3. The average molecular weight is 367 g/mol. The highest BCUT2D eigenvalue weighted by molar-refractivity contribution is 5.29. The first-order chi connectivity index (χ1) is 12.5. The van der Waals surface area contributed by atoms with E-state index in [0.29, 0.717) is 17.0 Å². The number of hydrogen-bond acceptors (Lipinski definition) is 9. The molecule has 2 aromatic rings. The smallest absolute Gasteiger partial charge is 0.178 e. The zero-order valence-electron chi connectivity index (χ0n) is 13.8. The molecular formula is C16H21N3O7. The first-order valence-electron chi connectivity index (χ1n) is 8.07. The zero-order valence-corrected chi connectivity index (χ0v) is 13.8. The molecule has 0 unspecified atom stereocenters. The highest BCUT2D eigenvalue weighted by Crippen LogP contribution is 2.24. The molecular weight excluding hydrogens is 346 g/mol. The predicted octanol–water partition coefficient (Wildman–Crippen LogP) is -1.51. The van der Waals surface area contributed by atoms with Gasteiger partial charge in [-0.2, -0.15) is 0 Å². The summed E-state index contributed by atoms with van der Waals surface area (Å²) in [5.74, 6) is 0.437. The Bertz CT molecular complexity index is 723. The SMILES string of the molecule is OC[C@H]1OC[C@H](n2cc(COc3cccc(C(O)O)c3)nn2)[C@@H](O)[C@H]1O. The molecule has 0 bridgehead atoms. The molecule has 1 aromatic carbocycles. The third-order valence-electron chi connectivity index (χ3n) is 4.23. The van der Waals surface area contributed by atoms with Crippen molar-refractivity contribution < 1.29 is 35.0 Å². The summed E-state index contributed by atoms with van der Waals surface area (Å²) in [4.78, 5) is 0. The first-order valence-corrected chi connectivity index (χ1v) is 8.07. The average Bonchev–Trinajstić information content (AvgIpc) is 3.11. The Morgan fingerprint density at radius 1 is 1.27 bits per heavy atom. The van der Waals surface area contributed by atoms with E-state index in [1.54, 1.807) is 24.4 Å². The number of hydrogen-bond donors (Lipinski definition) is 5. The van der Waals surface area contributed by atoms with Crippen LogP contribution in [0.3, 0.4) is 0 Å². The maximum Gasteiger partial charge on any atom is 0.178 e. The van der Waals surface area contributed by atoms with Crippen LogP contribution in [-0.4, -0.2) is 72.1 Å². The van der Waals surface area contributed by atoms with E-state index in [1.165, 1.54) is 10.7 Å². The van der Waals surface area contributed by atoms with Crippen molar-refractivity contribution in [2.75, 3.05) is 13.2 Å². The number of nitrogens with zero attached hydrogens (tertiary/aromatic N) is 3. The van der Waals surface area contributed by atoms with E-state index in [2.05, 4.69) is 10.3 Å². The Morgan fingerprint density at radius 3 is 2.81 bits per heavy atom. The zero-order chi connectivity index (χ0) is 18.7. The van der Waals surface area contributed by atoms with Gasteiger partial charge in [0.05, 0.1) is 19.4 Å². The van der Waals surface area contributed by atoms with E-state index >= 15 is 0 Å². The molecule has 0 radical (unpaired) electrons. The molecule has 1 aliphatic rings. The molecule has 26 heavy (non-hydrogen) atoms. The Hall–Kier alpha value is -2.08. The lowest BCUT2D eigenvalue weighted by Gasteiger charge is -2.36. The van der Waals surface area contributed by atoms with Crippen molar-refractivity contribution in [1.29, 1.82) is 0 Å². The van der Waals surface area contributed by atoms with Gasteiger partial charge in [0, 0.05) is 5.56 Å².